The smallest absolute Gasteiger partial charge is 0.170 e. The van der Waals surface area contributed by atoms with Gasteiger partial charge < -0.3 is 0 Å². The van der Waals surface area contributed by atoms with Gasteiger partial charge in [0.25, 0.3) is 0 Å². The zero-order valence-corrected chi connectivity index (χ0v) is 22.2. The Hall–Kier alpha value is -1.73. The number of aromatic nitrogens is 3. The normalized spacial score (nSPS) is 15.4. The van der Waals surface area contributed by atoms with Crippen LogP contribution >= 0.6 is 43.5 Å². The summed E-state index contributed by atoms with van der Waals surface area (Å²) in [5, 5.41) is 5.28. The maximum atomic E-state index is 6.47. The van der Waals surface area contributed by atoms with Crippen molar-refractivity contribution in [2.75, 3.05) is 13.1 Å². The Morgan fingerprint density at radius 2 is 1.76 bits per heavy atom. The molecule has 33 heavy (non-hydrogen) atoms. The summed E-state index contributed by atoms with van der Waals surface area (Å²) in [5.74, 6) is 0.733. The van der Waals surface area contributed by atoms with Crippen LogP contribution in [-0.4, -0.2) is 32.6 Å². The van der Waals surface area contributed by atoms with Crippen molar-refractivity contribution >= 4 is 49.1 Å². The van der Waals surface area contributed by atoms with Crippen molar-refractivity contribution in [3.63, 3.8) is 0 Å². The molecule has 0 aliphatic carbocycles. The standard InChI is InChI=1S/C26H25Br2ClN4/c27-20-8-5-19(6-9-20)17-32-13-11-18(12-14-32)7-10-21-15-25(22-3-1-2-4-24(22)29)31-26-23(28)16-30-33(21)26/h1-6,8-9,15-16,18H,7,10-14,17H2. The summed E-state index contributed by atoms with van der Waals surface area (Å²) in [4.78, 5) is 7.41. The molecule has 3 heterocycles. The monoisotopic (exact) mass is 586 g/mol. The van der Waals surface area contributed by atoms with Crippen molar-refractivity contribution in [1.82, 2.24) is 19.5 Å². The molecule has 0 unspecified atom stereocenters. The van der Waals surface area contributed by atoms with E-state index in [0.717, 1.165) is 64.2 Å². The maximum absolute atomic E-state index is 6.47. The molecule has 0 atom stereocenters. The minimum Gasteiger partial charge on any atom is -0.299 e. The minimum absolute atomic E-state index is 0.717. The Morgan fingerprint density at radius 1 is 1.00 bits per heavy atom. The third-order valence-electron chi connectivity index (χ3n) is 6.49. The molecule has 5 rings (SSSR count). The fourth-order valence-corrected chi connectivity index (χ4v) is 5.46. The zero-order valence-electron chi connectivity index (χ0n) is 18.2. The number of benzene rings is 2. The van der Waals surface area contributed by atoms with E-state index < -0.39 is 0 Å². The van der Waals surface area contributed by atoms with Crippen LogP contribution in [0, 0.1) is 5.92 Å². The van der Waals surface area contributed by atoms with Gasteiger partial charge in [-0.15, -0.1) is 0 Å². The van der Waals surface area contributed by atoms with E-state index in [1.807, 2.05) is 35.0 Å². The first-order valence-corrected chi connectivity index (χ1v) is 13.3. The molecule has 1 aliphatic rings. The second-order valence-electron chi connectivity index (χ2n) is 8.73. The molecule has 170 valence electrons. The highest BCUT2D eigenvalue weighted by atomic mass is 79.9. The summed E-state index contributed by atoms with van der Waals surface area (Å²) in [6, 6.07) is 18.7. The van der Waals surface area contributed by atoms with Crippen LogP contribution in [0.5, 0.6) is 0 Å². The molecule has 4 aromatic rings. The van der Waals surface area contributed by atoms with Gasteiger partial charge >= 0.3 is 0 Å². The van der Waals surface area contributed by atoms with Gasteiger partial charge in [-0.1, -0.05) is 57.9 Å². The number of nitrogens with zero attached hydrogens (tertiary/aromatic N) is 4. The van der Waals surface area contributed by atoms with E-state index in [2.05, 4.69) is 72.2 Å². The summed E-state index contributed by atoms with van der Waals surface area (Å²) in [6.45, 7) is 3.35. The van der Waals surface area contributed by atoms with E-state index in [9.17, 15) is 0 Å². The lowest BCUT2D eigenvalue weighted by molar-refractivity contribution is 0.172. The van der Waals surface area contributed by atoms with Crippen molar-refractivity contribution < 1.29 is 0 Å². The zero-order chi connectivity index (χ0) is 22.8. The summed E-state index contributed by atoms with van der Waals surface area (Å²) in [5.41, 5.74) is 5.25. The van der Waals surface area contributed by atoms with Crippen LogP contribution in [0.25, 0.3) is 16.9 Å². The van der Waals surface area contributed by atoms with Gasteiger partial charge in [-0.05, 0) is 90.4 Å². The number of piperidine rings is 1. The molecular weight excluding hydrogens is 564 g/mol. The van der Waals surface area contributed by atoms with E-state index >= 15 is 0 Å². The van der Waals surface area contributed by atoms with Crippen LogP contribution in [-0.2, 0) is 13.0 Å². The highest BCUT2D eigenvalue weighted by molar-refractivity contribution is 9.10. The Kier molecular flexibility index (Phi) is 7.16. The van der Waals surface area contributed by atoms with Crippen LogP contribution in [0.3, 0.4) is 0 Å². The average Bonchev–Trinajstić information content (AvgIpc) is 3.21. The first-order chi connectivity index (χ1) is 16.1. The molecule has 4 nitrogen and oxygen atoms in total. The summed E-state index contributed by atoms with van der Waals surface area (Å²) in [7, 11) is 0. The number of rotatable bonds is 6. The first-order valence-electron chi connectivity index (χ1n) is 11.3. The quantitative estimate of drug-likeness (QED) is 0.235. The largest absolute Gasteiger partial charge is 0.299 e. The molecular formula is C26H25Br2ClN4. The van der Waals surface area contributed by atoms with Crippen molar-refractivity contribution in [3.8, 4) is 11.3 Å². The van der Waals surface area contributed by atoms with Gasteiger partial charge in [0, 0.05) is 27.3 Å². The number of hydrogen-bond acceptors (Lipinski definition) is 3. The van der Waals surface area contributed by atoms with Gasteiger partial charge in [0.05, 0.1) is 16.4 Å². The van der Waals surface area contributed by atoms with Gasteiger partial charge in [-0.2, -0.15) is 5.10 Å². The Bertz CT molecular complexity index is 1250. The van der Waals surface area contributed by atoms with Crippen LogP contribution in [0.4, 0.5) is 0 Å². The van der Waals surface area contributed by atoms with Crippen LogP contribution < -0.4 is 0 Å². The molecule has 7 heteroatoms. The van der Waals surface area contributed by atoms with E-state index in [1.54, 1.807) is 0 Å². The van der Waals surface area contributed by atoms with Gasteiger partial charge in [0.1, 0.15) is 0 Å². The fraction of sp³-hybridized carbons (Fsp3) is 0.308. The molecule has 0 saturated carbocycles. The van der Waals surface area contributed by atoms with Gasteiger partial charge in [-0.3, -0.25) is 4.90 Å². The Morgan fingerprint density at radius 3 is 2.52 bits per heavy atom. The van der Waals surface area contributed by atoms with E-state index in [4.69, 9.17) is 16.6 Å². The lowest BCUT2D eigenvalue weighted by Gasteiger charge is -2.32. The van der Waals surface area contributed by atoms with E-state index in [1.165, 1.54) is 24.1 Å². The molecule has 2 aromatic carbocycles. The lowest BCUT2D eigenvalue weighted by Crippen LogP contribution is -2.33. The molecule has 2 aromatic heterocycles. The highest BCUT2D eigenvalue weighted by Crippen LogP contribution is 2.30. The third kappa shape index (κ3) is 5.35. The number of likely N-dealkylation sites (tertiary alicyclic amines) is 1. The van der Waals surface area contributed by atoms with Crippen molar-refractivity contribution in [2.45, 2.75) is 32.2 Å². The van der Waals surface area contributed by atoms with Crippen molar-refractivity contribution in [3.05, 3.63) is 86.0 Å². The molecule has 0 N–H and O–H groups in total. The topological polar surface area (TPSA) is 33.4 Å². The molecule has 1 fully saturated rings. The summed E-state index contributed by atoms with van der Waals surface area (Å²) in [6.07, 6.45) is 6.44. The second kappa shape index (κ2) is 10.3. The van der Waals surface area contributed by atoms with E-state index in [0.29, 0.717) is 5.02 Å². The SMILES string of the molecule is Clc1ccccc1-c1cc(CCC2CCN(Cc3ccc(Br)cc3)CC2)n2ncc(Br)c2n1. The molecule has 0 radical (unpaired) electrons. The Labute approximate surface area is 216 Å². The first kappa shape index (κ1) is 23.0. The average molecular weight is 589 g/mol. The molecule has 0 spiro atoms. The number of halogens is 3. The van der Waals surface area contributed by atoms with Crippen molar-refractivity contribution in [1.29, 1.82) is 0 Å². The fourth-order valence-electron chi connectivity index (χ4n) is 4.62. The van der Waals surface area contributed by atoms with Crippen LogP contribution in [0.15, 0.2) is 69.7 Å². The predicted molar refractivity (Wildman–Crippen MR) is 142 cm³/mol. The summed E-state index contributed by atoms with van der Waals surface area (Å²) < 4.78 is 4.00. The summed E-state index contributed by atoms with van der Waals surface area (Å²) >= 11 is 13.6. The molecule has 1 saturated heterocycles. The lowest BCUT2D eigenvalue weighted by atomic mass is 9.91. The predicted octanol–water partition coefficient (Wildman–Crippen LogP) is 7.42. The second-order valence-corrected chi connectivity index (χ2v) is 10.9. The number of aryl methyl sites for hydroxylation is 1. The van der Waals surface area contributed by atoms with Crippen LogP contribution in [0.1, 0.15) is 30.5 Å². The molecule has 0 bridgehead atoms. The maximum Gasteiger partial charge on any atom is 0.170 e. The Balaban J connectivity index is 1.26. The number of hydrogen-bond donors (Lipinski definition) is 0. The third-order valence-corrected chi connectivity index (χ3v) is 7.91. The van der Waals surface area contributed by atoms with E-state index in [-0.39, 0.29) is 0 Å². The molecule has 0 amide bonds. The van der Waals surface area contributed by atoms with Gasteiger partial charge in [0.15, 0.2) is 5.65 Å². The number of fused-ring (bicyclic) bond motifs is 1. The minimum atomic E-state index is 0.717. The highest BCUT2D eigenvalue weighted by Gasteiger charge is 2.20. The van der Waals surface area contributed by atoms with Gasteiger partial charge in [-0.25, -0.2) is 9.50 Å². The van der Waals surface area contributed by atoms with Crippen molar-refractivity contribution in [2.24, 2.45) is 5.92 Å². The van der Waals surface area contributed by atoms with Gasteiger partial charge in [0.2, 0.25) is 0 Å². The van der Waals surface area contributed by atoms with Crippen LogP contribution in [0.2, 0.25) is 5.02 Å². The molecule has 1 aliphatic heterocycles.